The van der Waals surface area contributed by atoms with E-state index in [1.54, 1.807) is 30.3 Å². The van der Waals surface area contributed by atoms with Gasteiger partial charge in [-0.15, -0.1) is 0 Å². The molecule has 0 amide bonds. The predicted octanol–water partition coefficient (Wildman–Crippen LogP) is 3.34. The molecule has 0 saturated carbocycles. The highest BCUT2D eigenvalue weighted by atomic mass is 32.2. The van der Waals surface area contributed by atoms with E-state index in [9.17, 15) is 8.42 Å². The van der Waals surface area contributed by atoms with Crippen molar-refractivity contribution < 1.29 is 8.42 Å². The summed E-state index contributed by atoms with van der Waals surface area (Å²) < 4.78 is 27.3. The van der Waals surface area contributed by atoms with Gasteiger partial charge in [0.25, 0.3) is 0 Å². The molecule has 2 aromatic rings. The molecule has 1 N–H and O–H groups in total. The SMILES string of the molecule is Cc1ccc(C)c(C(C)NS(=O)(=O)c2ccccc2)c1. The zero-order chi connectivity index (χ0) is 14.8. The van der Waals surface area contributed by atoms with Crippen molar-refractivity contribution in [3.05, 3.63) is 65.2 Å². The summed E-state index contributed by atoms with van der Waals surface area (Å²) in [5.74, 6) is 0. The van der Waals surface area contributed by atoms with Gasteiger partial charge in [-0.1, -0.05) is 42.0 Å². The molecule has 0 aromatic heterocycles. The Bertz CT molecular complexity index is 694. The van der Waals surface area contributed by atoms with Crippen LogP contribution in [0.15, 0.2) is 53.4 Å². The maximum absolute atomic E-state index is 12.3. The Morgan fingerprint density at radius 3 is 2.30 bits per heavy atom. The van der Waals surface area contributed by atoms with Crippen LogP contribution in [-0.2, 0) is 10.0 Å². The zero-order valence-corrected chi connectivity index (χ0v) is 12.7. The van der Waals surface area contributed by atoms with Gasteiger partial charge in [0, 0.05) is 6.04 Å². The maximum atomic E-state index is 12.3. The first-order valence-electron chi connectivity index (χ1n) is 6.54. The van der Waals surface area contributed by atoms with Crippen LogP contribution in [0.2, 0.25) is 0 Å². The molecular formula is C16H19NO2S. The molecule has 4 heteroatoms. The Kier molecular flexibility index (Phi) is 4.26. The summed E-state index contributed by atoms with van der Waals surface area (Å²) in [6.07, 6.45) is 0. The van der Waals surface area contributed by atoms with Gasteiger partial charge < -0.3 is 0 Å². The molecule has 2 rings (SSSR count). The van der Waals surface area contributed by atoms with Gasteiger partial charge in [-0.25, -0.2) is 13.1 Å². The summed E-state index contributed by atoms with van der Waals surface area (Å²) in [6.45, 7) is 5.85. The summed E-state index contributed by atoms with van der Waals surface area (Å²) in [4.78, 5) is 0.289. The number of hydrogen-bond donors (Lipinski definition) is 1. The standard InChI is InChI=1S/C16H19NO2S/c1-12-9-10-13(2)16(11-12)14(3)17-20(18,19)15-7-5-4-6-8-15/h4-11,14,17H,1-3H3. The third-order valence-corrected chi connectivity index (χ3v) is 4.84. The minimum Gasteiger partial charge on any atom is -0.207 e. The molecule has 0 radical (unpaired) electrons. The molecule has 0 aliphatic heterocycles. The average molecular weight is 289 g/mol. The Morgan fingerprint density at radius 1 is 1.00 bits per heavy atom. The molecule has 106 valence electrons. The lowest BCUT2D eigenvalue weighted by atomic mass is 10.0. The van der Waals surface area contributed by atoms with Crippen LogP contribution in [0.5, 0.6) is 0 Å². The zero-order valence-electron chi connectivity index (χ0n) is 11.9. The van der Waals surface area contributed by atoms with E-state index in [2.05, 4.69) is 4.72 Å². The van der Waals surface area contributed by atoms with Gasteiger partial charge in [-0.2, -0.15) is 0 Å². The van der Waals surface area contributed by atoms with Gasteiger partial charge in [0.15, 0.2) is 0 Å². The van der Waals surface area contributed by atoms with Crippen LogP contribution in [0.1, 0.15) is 29.7 Å². The molecule has 1 atom stereocenters. The van der Waals surface area contributed by atoms with Gasteiger partial charge >= 0.3 is 0 Å². The summed E-state index contributed by atoms with van der Waals surface area (Å²) in [7, 11) is -3.49. The van der Waals surface area contributed by atoms with Crippen LogP contribution in [0, 0.1) is 13.8 Å². The van der Waals surface area contributed by atoms with Crippen LogP contribution in [0.4, 0.5) is 0 Å². The van der Waals surface area contributed by atoms with Crippen molar-refractivity contribution in [2.75, 3.05) is 0 Å². The van der Waals surface area contributed by atoms with Crippen molar-refractivity contribution >= 4 is 10.0 Å². The van der Waals surface area contributed by atoms with Crippen molar-refractivity contribution in [2.45, 2.75) is 31.7 Å². The molecule has 0 spiro atoms. The van der Waals surface area contributed by atoms with Crippen LogP contribution >= 0.6 is 0 Å². The van der Waals surface area contributed by atoms with E-state index < -0.39 is 10.0 Å². The number of sulfonamides is 1. The molecule has 0 aliphatic rings. The highest BCUT2D eigenvalue weighted by Crippen LogP contribution is 2.21. The molecule has 0 heterocycles. The fourth-order valence-electron chi connectivity index (χ4n) is 2.19. The van der Waals surface area contributed by atoms with Crippen LogP contribution < -0.4 is 4.72 Å². The van der Waals surface area contributed by atoms with E-state index in [0.29, 0.717) is 0 Å². The number of hydrogen-bond acceptors (Lipinski definition) is 2. The van der Waals surface area contributed by atoms with Gasteiger partial charge in [0.2, 0.25) is 10.0 Å². The van der Waals surface area contributed by atoms with Crippen LogP contribution in [-0.4, -0.2) is 8.42 Å². The van der Waals surface area contributed by atoms with Gasteiger partial charge in [0.1, 0.15) is 0 Å². The largest absolute Gasteiger partial charge is 0.241 e. The first kappa shape index (κ1) is 14.8. The highest BCUT2D eigenvalue weighted by Gasteiger charge is 2.18. The summed E-state index contributed by atoms with van der Waals surface area (Å²) in [5, 5.41) is 0. The fraction of sp³-hybridized carbons (Fsp3) is 0.250. The van der Waals surface area contributed by atoms with Crippen molar-refractivity contribution in [1.29, 1.82) is 0 Å². The van der Waals surface area contributed by atoms with E-state index in [1.807, 2.05) is 39.0 Å². The van der Waals surface area contributed by atoms with Crippen molar-refractivity contribution in [3.8, 4) is 0 Å². The Hall–Kier alpha value is -1.65. The minimum atomic E-state index is -3.49. The van der Waals surface area contributed by atoms with E-state index in [0.717, 1.165) is 16.7 Å². The van der Waals surface area contributed by atoms with Crippen LogP contribution in [0.25, 0.3) is 0 Å². The first-order chi connectivity index (χ1) is 9.40. The third kappa shape index (κ3) is 3.26. The number of aryl methyl sites for hydroxylation is 2. The fourth-order valence-corrected chi connectivity index (χ4v) is 3.43. The summed E-state index contributed by atoms with van der Waals surface area (Å²) in [6, 6.07) is 14.2. The monoisotopic (exact) mass is 289 g/mol. The third-order valence-electron chi connectivity index (χ3n) is 3.29. The normalized spacial score (nSPS) is 13.2. The lowest BCUT2D eigenvalue weighted by molar-refractivity contribution is 0.566. The van der Waals surface area contributed by atoms with E-state index in [-0.39, 0.29) is 10.9 Å². The molecule has 0 aliphatic carbocycles. The summed E-state index contributed by atoms with van der Waals surface area (Å²) >= 11 is 0. The predicted molar refractivity (Wildman–Crippen MR) is 81.1 cm³/mol. The van der Waals surface area contributed by atoms with Crippen molar-refractivity contribution in [1.82, 2.24) is 4.72 Å². The lowest BCUT2D eigenvalue weighted by Gasteiger charge is -2.17. The molecule has 0 bridgehead atoms. The molecule has 3 nitrogen and oxygen atoms in total. The van der Waals surface area contributed by atoms with Gasteiger partial charge in [0.05, 0.1) is 4.90 Å². The van der Waals surface area contributed by atoms with Crippen molar-refractivity contribution in [2.24, 2.45) is 0 Å². The van der Waals surface area contributed by atoms with E-state index >= 15 is 0 Å². The Labute approximate surface area is 120 Å². The molecule has 0 fully saturated rings. The minimum absolute atomic E-state index is 0.264. The van der Waals surface area contributed by atoms with E-state index in [1.165, 1.54) is 0 Å². The second kappa shape index (κ2) is 5.77. The Balaban J connectivity index is 2.28. The molecule has 20 heavy (non-hydrogen) atoms. The first-order valence-corrected chi connectivity index (χ1v) is 8.03. The van der Waals surface area contributed by atoms with Gasteiger partial charge in [-0.3, -0.25) is 0 Å². The molecule has 2 aromatic carbocycles. The Morgan fingerprint density at radius 2 is 1.65 bits per heavy atom. The van der Waals surface area contributed by atoms with Gasteiger partial charge in [-0.05, 0) is 44.0 Å². The number of nitrogens with one attached hydrogen (secondary N) is 1. The average Bonchev–Trinajstić information content (AvgIpc) is 2.42. The smallest absolute Gasteiger partial charge is 0.207 e. The number of rotatable bonds is 4. The topological polar surface area (TPSA) is 46.2 Å². The quantitative estimate of drug-likeness (QED) is 0.938. The van der Waals surface area contributed by atoms with E-state index in [4.69, 9.17) is 0 Å². The molecule has 1 unspecified atom stereocenters. The highest BCUT2D eigenvalue weighted by molar-refractivity contribution is 7.89. The van der Waals surface area contributed by atoms with Crippen molar-refractivity contribution in [3.63, 3.8) is 0 Å². The second-order valence-electron chi connectivity index (χ2n) is 5.02. The second-order valence-corrected chi connectivity index (χ2v) is 6.73. The number of benzene rings is 2. The maximum Gasteiger partial charge on any atom is 0.241 e. The molecular weight excluding hydrogens is 270 g/mol. The van der Waals surface area contributed by atoms with Crippen LogP contribution in [0.3, 0.4) is 0 Å². The molecule has 0 saturated heterocycles. The summed E-state index contributed by atoms with van der Waals surface area (Å²) in [5.41, 5.74) is 3.21. The lowest BCUT2D eigenvalue weighted by Crippen LogP contribution is -2.27.